The van der Waals surface area contributed by atoms with Gasteiger partial charge in [0.15, 0.2) is 24.8 Å². The van der Waals surface area contributed by atoms with Crippen molar-refractivity contribution in [2.75, 3.05) is 6.79 Å². The second-order valence-corrected chi connectivity index (χ2v) is 33.6. The van der Waals surface area contributed by atoms with E-state index in [2.05, 4.69) is 114 Å². The number of carbonyl (C=O) groups excluding carboxylic acids is 6. The number of ether oxygens (including phenoxy) is 6. The van der Waals surface area contributed by atoms with Gasteiger partial charge < -0.3 is 38.1 Å². The number of aliphatic hydroxyl groups is 1. The van der Waals surface area contributed by atoms with Crippen molar-refractivity contribution < 1.29 is 84.0 Å². The van der Waals surface area contributed by atoms with E-state index in [-0.39, 0.29) is 135 Å². The predicted molar refractivity (Wildman–Crippen MR) is 398 cm³/mol. The third kappa shape index (κ3) is 21.8. The fourth-order valence-electron chi connectivity index (χ4n) is 15.7. The van der Waals surface area contributed by atoms with E-state index in [1.807, 2.05) is 48.5 Å². The number of fused-ring (bicyclic) bond motifs is 1. The number of halogens is 2. The molecule has 1 aliphatic heterocycles. The first-order chi connectivity index (χ1) is 43.5. The molecule has 1 N–H and O–H groups in total. The Morgan fingerprint density at radius 3 is 1.39 bits per heavy atom. The van der Waals surface area contributed by atoms with Gasteiger partial charge in [-0.3, -0.25) is 24.0 Å². The van der Waals surface area contributed by atoms with E-state index in [9.17, 15) is 55.6 Å². The summed E-state index contributed by atoms with van der Waals surface area (Å²) in [5.74, 6) is 1.18. The summed E-state index contributed by atoms with van der Waals surface area (Å²) in [5.41, 5.74) is -2.75. The van der Waals surface area contributed by atoms with Gasteiger partial charge in [0.1, 0.15) is 23.4 Å². The van der Waals surface area contributed by atoms with Gasteiger partial charge in [-0.05, 0) is 223 Å². The van der Waals surface area contributed by atoms with E-state index >= 15 is 0 Å². The Kier molecular flexibility index (Phi) is 36.0. The van der Waals surface area contributed by atoms with Crippen LogP contribution in [0, 0.1) is 75.4 Å². The Morgan fingerprint density at radius 1 is 0.594 bits per heavy atom. The third-order valence-corrected chi connectivity index (χ3v) is 25.2. The molecule has 11 aliphatic rings. The van der Waals surface area contributed by atoms with E-state index in [0.717, 1.165) is 69.6 Å². The van der Waals surface area contributed by atoms with Crippen LogP contribution >= 0.6 is 0 Å². The zero-order chi connectivity index (χ0) is 68.3. The molecule has 1 saturated heterocycles. The lowest BCUT2D eigenvalue weighted by atomic mass is 9.50. The molecule has 3 aromatic carbocycles. The minimum Gasteiger partial charge on any atom is -0.743 e. The molecule has 8 atom stereocenters. The number of hydrogen-bond acceptors (Lipinski definition) is 16. The molecule has 0 amide bonds. The maximum Gasteiger partial charge on any atom is 0.429 e. The molecule has 20 heteroatoms. The zero-order valence-electron chi connectivity index (χ0n) is 56.5. The van der Waals surface area contributed by atoms with Gasteiger partial charge in [0.25, 0.3) is 0 Å². The van der Waals surface area contributed by atoms with Crippen LogP contribution < -0.4 is 0 Å². The first-order valence-electron chi connectivity index (χ1n) is 33.7. The molecule has 10 saturated carbocycles. The number of alkyl halides is 2. The van der Waals surface area contributed by atoms with Gasteiger partial charge in [-0.1, -0.05) is 149 Å². The molecular formula is C81H132F2O16S2. The standard InChI is InChI=1S/C18H15S.C17H28O2.C16H26O3.C13H18O4.C9H14F2O7S.8CH4/c1-4-10-16(11-5-1)19(17-12-6-2-7-13-17)18-14-8-3-9-15-18;1-5-16(2,3)15(18)19-17(4)13-7-11-6-12(9-13)10-14(17)8-11;1-4-14(2,3)13(17)19-16-8-11-5-12(9-16)7-15(18,6-11)10-16;1-3-6(2)12(14)16-10-7-4-8-9(5-7)13(15)17-11(8)10;1-4-8(2,3)6(12)17-5-18-7(13)9(10,11)19(14,15)16;;;;;;;;/h1-15H;11-14H,5-10H2,1-4H3;11-12,18H,4-10H2,1-3H3;6-11H,3-5H2,1-2H3;4-5H2,1-3H3,(H,14,15,16);8*1H4/q+1;;;;;;;;;;;;/p-1. The van der Waals surface area contributed by atoms with Gasteiger partial charge in [0, 0.05) is 18.3 Å². The van der Waals surface area contributed by atoms with Crippen molar-refractivity contribution in [2.45, 2.75) is 301 Å². The Labute approximate surface area is 611 Å². The van der Waals surface area contributed by atoms with Crippen LogP contribution in [0.15, 0.2) is 106 Å². The molecule has 0 spiro atoms. The fraction of sp³-hybridized carbons (Fsp3) is 0.704. The summed E-state index contributed by atoms with van der Waals surface area (Å²) < 4.78 is 86.6. The van der Waals surface area contributed by atoms with E-state index in [4.69, 9.17) is 18.9 Å². The topological polar surface area (TPSA) is 235 Å². The fourth-order valence-corrected chi connectivity index (χ4v) is 18.1. The molecule has 0 radical (unpaired) electrons. The molecule has 11 fully saturated rings. The first-order valence-corrected chi connectivity index (χ1v) is 36.3. The highest BCUT2D eigenvalue weighted by Gasteiger charge is 2.64. The van der Waals surface area contributed by atoms with Crippen LogP contribution in [-0.2, 0) is 78.2 Å². The number of carbonyl (C=O) groups is 6. The number of benzene rings is 3. The van der Waals surface area contributed by atoms with Crippen molar-refractivity contribution in [3.8, 4) is 0 Å². The maximum absolute atomic E-state index is 12.6. The summed E-state index contributed by atoms with van der Waals surface area (Å²) in [7, 11) is -6.20. The van der Waals surface area contributed by atoms with Crippen LogP contribution in [0.5, 0.6) is 0 Å². The van der Waals surface area contributed by atoms with Gasteiger partial charge >= 0.3 is 41.1 Å². The Bertz CT molecular complexity index is 3080. The van der Waals surface area contributed by atoms with Crippen LogP contribution in [0.25, 0.3) is 0 Å². The summed E-state index contributed by atoms with van der Waals surface area (Å²) in [6.07, 6.45) is 16.6. The lowest BCUT2D eigenvalue weighted by molar-refractivity contribution is -0.225. The summed E-state index contributed by atoms with van der Waals surface area (Å²) in [5, 5.41) is 5.43. The Morgan fingerprint density at radius 2 is 0.990 bits per heavy atom. The lowest BCUT2D eigenvalue weighted by Crippen LogP contribution is -2.61. The van der Waals surface area contributed by atoms with Crippen molar-refractivity contribution in [1.29, 1.82) is 0 Å². The van der Waals surface area contributed by atoms with Crippen LogP contribution in [-0.4, -0.2) is 95.0 Å². The van der Waals surface area contributed by atoms with Crippen LogP contribution in [0.2, 0.25) is 0 Å². The maximum atomic E-state index is 12.6. The van der Waals surface area contributed by atoms with Crippen LogP contribution in [0.3, 0.4) is 0 Å². The minimum absolute atomic E-state index is 0. The van der Waals surface area contributed by atoms with Crippen molar-refractivity contribution in [3.05, 3.63) is 91.0 Å². The average molecular weight is 1460 g/mol. The molecule has 101 heavy (non-hydrogen) atoms. The molecule has 10 aliphatic carbocycles. The smallest absolute Gasteiger partial charge is 0.429 e. The highest BCUT2D eigenvalue weighted by atomic mass is 32.2. The SMILES string of the molecule is C.C.C.C.C.C.C.C.CCC(C)(C)C(=O)OC1(C)C2CC3CC(C2)CC1C3.CCC(C)(C)C(=O)OC12CC3CC(CC(O)(C3)C1)C2.CCC(C)(C)C(=O)OCOC(=O)C(F)(F)S(=O)(=O)[O-].CCC(C)C(=O)OC1C2CC3C(=O)OC1C3C2.c1ccc([S+](c2ccccc2)c2ccccc2)cc1. The van der Waals surface area contributed by atoms with Crippen molar-refractivity contribution in [3.63, 3.8) is 0 Å². The monoisotopic (exact) mass is 1460 g/mol. The van der Waals surface area contributed by atoms with Gasteiger partial charge in [0.2, 0.25) is 6.79 Å². The predicted octanol–water partition coefficient (Wildman–Crippen LogP) is 19.2. The number of rotatable bonds is 18. The van der Waals surface area contributed by atoms with Crippen molar-refractivity contribution in [1.82, 2.24) is 0 Å². The van der Waals surface area contributed by atoms with E-state index < -0.39 is 50.5 Å². The van der Waals surface area contributed by atoms with E-state index in [1.54, 1.807) is 6.92 Å². The van der Waals surface area contributed by atoms with E-state index in [1.165, 1.54) is 67.1 Å². The van der Waals surface area contributed by atoms with E-state index in [0.29, 0.717) is 48.3 Å². The summed E-state index contributed by atoms with van der Waals surface area (Å²) in [4.78, 5) is 74.3. The van der Waals surface area contributed by atoms with Gasteiger partial charge in [-0.25, -0.2) is 13.2 Å². The molecule has 14 rings (SSSR count). The summed E-state index contributed by atoms with van der Waals surface area (Å²) >= 11 is 0. The normalized spacial score (nSPS) is 28.5. The lowest BCUT2D eigenvalue weighted by Gasteiger charge is -2.59. The largest absolute Gasteiger partial charge is 0.743 e. The molecule has 1 heterocycles. The second-order valence-electron chi connectivity index (χ2n) is 30.2. The summed E-state index contributed by atoms with van der Waals surface area (Å²) in [6, 6.07) is 32.2. The molecule has 10 bridgehead atoms. The molecule has 16 nitrogen and oxygen atoms in total. The van der Waals surface area contributed by atoms with Gasteiger partial charge in [-0.15, -0.1) is 0 Å². The molecule has 578 valence electrons. The third-order valence-electron chi connectivity index (χ3n) is 22.2. The molecule has 3 aromatic rings. The minimum atomic E-state index is -6.18. The number of hydrogen-bond donors (Lipinski definition) is 1. The summed E-state index contributed by atoms with van der Waals surface area (Å²) in [6.45, 7) is 21.6. The molecular weight excluding hydrogens is 1330 g/mol. The van der Waals surface area contributed by atoms with Gasteiger partial charge in [0.05, 0.1) is 44.6 Å². The second kappa shape index (κ2) is 38.0. The zero-order valence-corrected chi connectivity index (χ0v) is 58.1. The average Bonchev–Trinajstić information content (AvgIpc) is 1.68. The molecule has 0 aromatic heterocycles. The van der Waals surface area contributed by atoms with Crippen LogP contribution in [0.4, 0.5) is 8.78 Å². The van der Waals surface area contributed by atoms with Gasteiger partial charge in [-0.2, -0.15) is 8.78 Å². The Hall–Kier alpha value is -5.44. The highest BCUT2D eigenvalue weighted by molar-refractivity contribution is 7.97. The number of esters is 6. The van der Waals surface area contributed by atoms with Crippen LogP contribution in [0.1, 0.15) is 252 Å². The molecule has 8 unspecified atom stereocenters. The quantitative estimate of drug-likeness (QED) is 0.0410. The first kappa shape index (κ1) is 95.6. The van der Waals surface area contributed by atoms with Crippen molar-refractivity contribution in [2.24, 2.45) is 75.4 Å². The van der Waals surface area contributed by atoms with Crippen molar-refractivity contribution >= 4 is 56.8 Å². The highest BCUT2D eigenvalue weighted by Crippen LogP contribution is 2.61. The Balaban J connectivity index is 0.00000121.